The summed E-state index contributed by atoms with van der Waals surface area (Å²) in [4.78, 5) is 0. The molecule has 0 aromatic rings. The molecule has 6 heavy (non-hydrogen) atoms. The maximum Gasteiger partial charge on any atom is 0 e. The minimum absolute atomic E-state index is 0. The summed E-state index contributed by atoms with van der Waals surface area (Å²) in [5, 5.41) is 0. The molecule has 0 aliphatic heterocycles. The summed E-state index contributed by atoms with van der Waals surface area (Å²) in [6.45, 7) is 0. The maximum atomic E-state index is 7.13. The molecule has 0 aliphatic carbocycles. The quantitative estimate of drug-likeness (QED) is 0.625. The van der Waals surface area contributed by atoms with E-state index in [1.54, 1.807) is 0 Å². The first-order valence-corrected chi connectivity index (χ1v) is 10.1. The third kappa shape index (κ3) is 30.7. The zero-order valence-electron chi connectivity index (χ0n) is 3.19. The van der Waals surface area contributed by atoms with Gasteiger partial charge in [0.05, 0.1) is 0 Å². The molecule has 0 spiro atoms. The van der Waals surface area contributed by atoms with Crippen LogP contribution in [0.4, 0.5) is 0 Å². The average Bonchev–Trinajstić information content (AvgIpc) is 1.46. The zero-order valence-corrected chi connectivity index (χ0v) is 13.9. The molecular formula is H2Cl2OSnZn2. The molecule has 0 atom stereocenters. The van der Waals surface area contributed by atoms with E-state index in [4.69, 9.17) is 22.8 Å². The molecule has 0 saturated carbocycles. The average molecular weight is 338 g/mol. The molecule has 0 aliphatic rings. The van der Waals surface area contributed by atoms with Gasteiger partial charge >= 0.3 is 60.9 Å². The molecule has 0 bridgehead atoms. The normalized spacial score (nSPS) is 2.67. The van der Waals surface area contributed by atoms with E-state index in [1.807, 2.05) is 0 Å². The third-order valence-electron chi connectivity index (χ3n) is 0. The predicted octanol–water partition coefficient (Wildman–Crippen LogP) is 0.169. The van der Waals surface area contributed by atoms with Gasteiger partial charge in [0.15, 0.2) is 0 Å². The molecule has 0 aromatic heterocycles. The van der Waals surface area contributed by atoms with Crippen LogP contribution in [0.25, 0.3) is 0 Å². The minimum Gasteiger partial charge on any atom is 0 e. The second-order valence-electron chi connectivity index (χ2n) is 0.101. The number of hydrogen-bond donors (Lipinski definition) is 1. The van der Waals surface area contributed by atoms with Gasteiger partial charge in [0, 0.05) is 19.5 Å². The molecule has 0 saturated heterocycles. The minimum atomic E-state index is -0.931. The van der Waals surface area contributed by atoms with Crippen LogP contribution < -0.4 is 0 Å². The molecule has 0 aromatic carbocycles. The second kappa shape index (κ2) is 25.6. The Morgan fingerprint density at radius 3 is 1.33 bits per heavy atom. The van der Waals surface area contributed by atoms with Crippen molar-refractivity contribution in [1.82, 2.24) is 0 Å². The van der Waals surface area contributed by atoms with Crippen LogP contribution in [0.3, 0.4) is 0 Å². The van der Waals surface area contributed by atoms with E-state index in [-0.39, 0.29) is 19.5 Å². The van der Waals surface area contributed by atoms with Crippen LogP contribution in [0.5, 0.6) is 0 Å². The van der Waals surface area contributed by atoms with Crippen molar-refractivity contribution in [2.75, 3.05) is 0 Å². The molecule has 0 rings (SSSR count). The first-order chi connectivity index (χ1) is 2.41. The summed E-state index contributed by atoms with van der Waals surface area (Å²) in [5.74, 6) is 0. The summed E-state index contributed by atoms with van der Waals surface area (Å²) in [6.07, 6.45) is 0. The van der Waals surface area contributed by atoms with Crippen molar-refractivity contribution >= 4 is 42.3 Å². The van der Waals surface area contributed by atoms with Gasteiger partial charge in [-0.25, -0.2) is 0 Å². The van der Waals surface area contributed by atoms with Gasteiger partial charge in [0.25, 0.3) is 0 Å². The fourth-order valence-electron chi connectivity index (χ4n) is 0. The summed E-state index contributed by atoms with van der Waals surface area (Å²) < 4.78 is 7.13. The summed E-state index contributed by atoms with van der Waals surface area (Å²) in [5.41, 5.74) is 0. The van der Waals surface area contributed by atoms with Crippen LogP contribution in [-0.2, 0) is 34.6 Å². The first-order valence-electron chi connectivity index (χ1n) is 0.793. The van der Waals surface area contributed by atoms with Crippen LogP contribution in [0.15, 0.2) is 0 Å². The molecule has 6 heteroatoms. The largest absolute Gasteiger partial charge is 0 e. The molecule has 0 fully saturated rings. The second-order valence-corrected chi connectivity index (χ2v) is 4.72. The fourth-order valence-corrected chi connectivity index (χ4v) is 0. The van der Waals surface area contributed by atoms with Crippen LogP contribution >= 0.6 is 19.4 Å². The van der Waals surface area contributed by atoms with Gasteiger partial charge in [0.2, 0.25) is 0 Å². The Bertz CT molecular complexity index is 11.5. The van der Waals surface area contributed by atoms with E-state index < -0.39 is 15.1 Å². The van der Waals surface area contributed by atoms with Crippen molar-refractivity contribution in [3.63, 3.8) is 0 Å². The van der Waals surface area contributed by atoms with Crippen LogP contribution in [0.2, 0.25) is 0 Å². The van der Waals surface area contributed by atoms with E-state index in [1.165, 1.54) is 0 Å². The Morgan fingerprint density at radius 2 is 1.33 bits per heavy atom. The Labute approximate surface area is 79.2 Å². The van der Waals surface area contributed by atoms with Crippen molar-refractivity contribution in [1.29, 1.82) is 0 Å². The number of hydrogen-bond acceptors (Lipinski definition) is 1. The van der Waals surface area contributed by atoms with Crippen molar-refractivity contribution in [3.8, 4) is 0 Å². The Hall–Kier alpha value is 2.59. The molecule has 2 radical (unpaired) electrons. The van der Waals surface area contributed by atoms with Gasteiger partial charge in [-0.1, -0.05) is 0 Å². The fraction of sp³-hybridized carbons (Fsp3) is 0. The summed E-state index contributed by atoms with van der Waals surface area (Å²) in [7, 11) is 9.90. The number of rotatable bonds is 0. The van der Waals surface area contributed by atoms with E-state index in [2.05, 4.69) is 0 Å². The maximum absolute atomic E-state index is 7.13. The molecule has 1 nitrogen and oxygen atoms in total. The van der Waals surface area contributed by atoms with Gasteiger partial charge < -0.3 is 0 Å². The van der Waals surface area contributed by atoms with Crippen LogP contribution in [0, 0.1) is 0 Å². The van der Waals surface area contributed by atoms with Gasteiger partial charge in [-0.2, -0.15) is 0 Å². The smallest absolute Gasteiger partial charge is 0 e. The van der Waals surface area contributed by atoms with Crippen molar-refractivity contribution in [2.45, 2.75) is 0 Å². The van der Waals surface area contributed by atoms with Gasteiger partial charge in [0.1, 0.15) is 0 Å². The molecule has 0 heterocycles. The van der Waals surface area contributed by atoms with Crippen molar-refractivity contribution < 1.29 is 38.1 Å². The molecular weight excluding hydrogens is 336 g/mol. The topological polar surface area (TPSA) is 20.2 Å². The van der Waals surface area contributed by atoms with E-state index in [0.717, 1.165) is 0 Å². The standard InChI is InChI=1S/2ClH.H2O.Sn.2Zn.H/h2*1H;1H2;;;;/q;;;+1;;+2;/p-3. The molecule has 0 unspecified atom stereocenters. The van der Waals surface area contributed by atoms with E-state index in [9.17, 15) is 0 Å². The Morgan fingerprint density at radius 1 is 1.33 bits per heavy atom. The van der Waals surface area contributed by atoms with Crippen LogP contribution in [-0.4, -0.2) is 26.4 Å². The summed E-state index contributed by atoms with van der Waals surface area (Å²) in [6, 6.07) is 0. The molecule has 30 valence electrons. The third-order valence-corrected chi connectivity index (χ3v) is 0. The van der Waals surface area contributed by atoms with Gasteiger partial charge in [-0.15, -0.1) is 0 Å². The Balaban J connectivity index is -0.0000000275. The zero-order chi connectivity index (χ0) is 4.71. The summed E-state index contributed by atoms with van der Waals surface area (Å²) >= 11 is -0.581. The Kier molecular flexibility index (Phi) is 67.5. The van der Waals surface area contributed by atoms with Crippen molar-refractivity contribution in [2.24, 2.45) is 0 Å². The monoisotopic (exact) mass is 336 g/mol. The predicted molar refractivity (Wildman–Crippen MR) is 21.1 cm³/mol. The van der Waals surface area contributed by atoms with E-state index >= 15 is 0 Å². The van der Waals surface area contributed by atoms with Crippen molar-refractivity contribution in [3.05, 3.63) is 0 Å². The number of halogens is 2. The van der Waals surface area contributed by atoms with Crippen LogP contribution in [0.1, 0.15) is 0 Å². The molecule has 1 N–H and O–H groups in total. The van der Waals surface area contributed by atoms with Gasteiger partial charge in [-0.05, 0) is 0 Å². The first kappa shape index (κ1) is 15.8. The van der Waals surface area contributed by atoms with E-state index in [0.29, 0.717) is 22.9 Å². The molecule has 0 amide bonds. The van der Waals surface area contributed by atoms with Gasteiger partial charge in [-0.3, -0.25) is 0 Å². The SMILES string of the molecule is [Cl][Zn][Cl].[OH][SnH].[Zn].